The van der Waals surface area contributed by atoms with Crippen molar-refractivity contribution in [2.75, 3.05) is 0 Å². The molecule has 2 unspecified atom stereocenters. The van der Waals surface area contributed by atoms with Crippen molar-refractivity contribution in [3.63, 3.8) is 0 Å². The van der Waals surface area contributed by atoms with E-state index in [0.717, 1.165) is 12.0 Å². The molecule has 0 bridgehead atoms. The molecule has 2 heteroatoms. The Labute approximate surface area is 64.8 Å². The summed E-state index contributed by atoms with van der Waals surface area (Å²) in [6.07, 6.45) is 1.88. The molecule has 1 aliphatic heterocycles. The summed E-state index contributed by atoms with van der Waals surface area (Å²) in [5.74, 6) is 0.562. The predicted octanol–water partition coefficient (Wildman–Crippen LogP) is 1.11. The van der Waals surface area contributed by atoms with E-state index in [4.69, 9.17) is 4.74 Å². The third-order valence-corrected chi connectivity index (χ3v) is 1.96. The quantitative estimate of drug-likeness (QED) is 0.521. The molecule has 1 fully saturated rings. The maximum absolute atomic E-state index is 9.30. The summed E-state index contributed by atoms with van der Waals surface area (Å²) in [5, 5.41) is 9.30. The number of aliphatic hydroxyl groups excluding tert-OH is 1. The van der Waals surface area contributed by atoms with E-state index >= 15 is 0 Å². The van der Waals surface area contributed by atoms with Crippen molar-refractivity contribution in [1.29, 1.82) is 0 Å². The molecule has 0 radical (unpaired) electrons. The van der Waals surface area contributed by atoms with Gasteiger partial charge < -0.3 is 9.84 Å². The van der Waals surface area contributed by atoms with Crippen LogP contribution in [0.1, 0.15) is 6.42 Å². The third-order valence-electron chi connectivity index (χ3n) is 1.96. The van der Waals surface area contributed by atoms with E-state index in [0.29, 0.717) is 5.76 Å². The molecule has 2 aliphatic rings. The van der Waals surface area contributed by atoms with E-state index in [2.05, 4.69) is 18.0 Å². The molecule has 1 saturated heterocycles. The van der Waals surface area contributed by atoms with E-state index < -0.39 is 6.29 Å². The summed E-state index contributed by atoms with van der Waals surface area (Å²) in [4.78, 5) is 0. The van der Waals surface area contributed by atoms with Crippen LogP contribution in [0.4, 0.5) is 0 Å². The van der Waals surface area contributed by atoms with Crippen LogP contribution in [0.5, 0.6) is 0 Å². The molecule has 1 N–H and O–H groups in total. The molecule has 1 heterocycles. The SMILES string of the molecule is C=C1OC(O)C2CC=C=C=C12. The smallest absolute Gasteiger partial charge is 0.205 e. The van der Waals surface area contributed by atoms with E-state index in [-0.39, 0.29) is 5.92 Å². The van der Waals surface area contributed by atoms with Crippen molar-refractivity contribution in [1.82, 2.24) is 0 Å². The number of hydrogen-bond donors (Lipinski definition) is 1. The molecule has 0 spiro atoms. The lowest BCUT2D eigenvalue weighted by atomic mass is 9.95. The zero-order chi connectivity index (χ0) is 7.84. The first-order chi connectivity index (χ1) is 5.29. The maximum Gasteiger partial charge on any atom is 0.205 e. The first kappa shape index (κ1) is 6.51. The Kier molecular flexibility index (Phi) is 1.27. The summed E-state index contributed by atoms with van der Waals surface area (Å²) in [6, 6.07) is 0. The number of aliphatic hydroxyl groups is 1. The van der Waals surface area contributed by atoms with Crippen LogP contribution < -0.4 is 0 Å². The average Bonchev–Trinajstić information content (AvgIpc) is 2.30. The van der Waals surface area contributed by atoms with E-state index in [1.807, 2.05) is 6.08 Å². The summed E-state index contributed by atoms with van der Waals surface area (Å²) in [5.41, 5.74) is 6.59. The number of rotatable bonds is 0. The molecule has 0 aromatic rings. The normalized spacial score (nSPS) is 33.2. The summed E-state index contributed by atoms with van der Waals surface area (Å²) >= 11 is 0. The van der Waals surface area contributed by atoms with Crippen molar-refractivity contribution in [2.24, 2.45) is 5.92 Å². The minimum atomic E-state index is -0.733. The number of fused-ring (bicyclic) bond motifs is 1. The molecule has 1 aliphatic carbocycles. The van der Waals surface area contributed by atoms with Crippen molar-refractivity contribution in [3.05, 3.63) is 35.4 Å². The Balaban J connectivity index is 2.49. The highest BCUT2D eigenvalue weighted by molar-refractivity contribution is 5.32. The van der Waals surface area contributed by atoms with Gasteiger partial charge in [0, 0.05) is 0 Å². The van der Waals surface area contributed by atoms with Crippen LogP contribution in [0.3, 0.4) is 0 Å². The van der Waals surface area contributed by atoms with Gasteiger partial charge in [-0.05, 0) is 12.5 Å². The van der Waals surface area contributed by atoms with E-state index in [9.17, 15) is 5.11 Å². The van der Waals surface area contributed by atoms with E-state index in [1.54, 1.807) is 0 Å². The highest BCUT2D eigenvalue weighted by Crippen LogP contribution is 2.35. The fraction of sp³-hybridized carbons (Fsp3) is 0.333. The molecule has 0 aromatic carbocycles. The standard InChI is InChI=1S/C9H8O2/c1-6-7-4-2-3-5-8(7)9(10)11-6/h3,8-10H,1,5H2. The van der Waals surface area contributed by atoms with Gasteiger partial charge in [0.25, 0.3) is 0 Å². The zero-order valence-corrected chi connectivity index (χ0v) is 6.00. The van der Waals surface area contributed by atoms with Gasteiger partial charge in [-0.1, -0.05) is 18.0 Å². The van der Waals surface area contributed by atoms with Gasteiger partial charge in [0.05, 0.1) is 11.5 Å². The second kappa shape index (κ2) is 2.14. The van der Waals surface area contributed by atoms with Gasteiger partial charge >= 0.3 is 0 Å². The van der Waals surface area contributed by atoms with Crippen molar-refractivity contribution >= 4 is 0 Å². The Morgan fingerprint density at radius 2 is 2.55 bits per heavy atom. The molecular formula is C9H8O2. The molecule has 2 nitrogen and oxygen atoms in total. The van der Waals surface area contributed by atoms with Gasteiger partial charge in [-0.25, -0.2) is 0 Å². The maximum atomic E-state index is 9.30. The zero-order valence-electron chi connectivity index (χ0n) is 6.00. The Morgan fingerprint density at radius 1 is 1.73 bits per heavy atom. The molecule has 11 heavy (non-hydrogen) atoms. The van der Waals surface area contributed by atoms with Crippen LogP contribution in [0.2, 0.25) is 0 Å². The van der Waals surface area contributed by atoms with Crippen LogP contribution in [0.25, 0.3) is 0 Å². The molecular weight excluding hydrogens is 140 g/mol. The van der Waals surface area contributed by atoms with Crippen LogP contribution >= 0.6 is 0 Å². The summed E-state index contributed by atoms with van der Waals surface area (Å²) in [6.45, 7) is 3.65. The van der Waals surface area contributed by atoms with Crippen LogP contribution in [-0.2, 0) is 4.74 Å². The van der Waals surface area contributed by atoms with Gasteiger partial charge in [-0.2, -0.15) is 0 Å². The van der Waals surface area contributed by atoms with Gasteiger partial charge in [-0.3, -0.25) is 0 Å². The highest BCUT2D eigenvalue weighted by atomic mass is 16.6. The lowest BCUT2D eigenvalue weighted by Crippen LogP contribution is -2.14. The van der Waals surface area contributed by atoms with Crippen LogP contribution in [0.15, 0.2) is 35.4 Å². The molecule has 2 atom stereocenters. The van der Waals surface area contributed by atoms with Crippen molar-refractivity contribution < 1.29 is 9.84 Å². The minimum Gasteiger partial charge on any atom is -0.464 e. The lowest BCUT2D eigenvalue weighted by molar-refractivity contribution is -0.0608. The van der Waals surface area contributed by atoms with Gasteiger partial charge in [0.2, 0.25) is 6.29 Å². The van der Waals surface area contributed by atoms with Gasteiger partial charge in [0.15, 0.2) is 0 Å². The van der Waals surface area contributed by atoms with Crippen molar-refractivity contribution in [2.45, 2.75) is 12.7 Å². The van der Waals surface area contributed by atoms with Gasteiger partial charge in [0.1, 0.15) is 5.76 Å². The highest BCUT2D eigenvalue weighted by Gasteiger charge is 2.34. The molecule has 0 amide bonds. The number of allylic oxidation sites excluding steroid dienone is 2. The largest absolute Gasteiger partial charge is 0.464 e. The Morgan fingerprint density at radius 3 is 3.27 bits per heavy atom. The molecule has 0 saturated carbocycles. The Hall–Kier alpha value is -1.20. The molecule has 2 rings (SSSR count). The van der Waals surface area contributed by atoms with E-state index in [1.165, 1.54) is 0 Å². The second-order valence-corrected chi connectivity index (χ2v) is 2.66. The fourth-order valence-corrected chi connectivity index (χ4v) is 1.35. The summed E-state index contributed by atoms with van der Waals surface area (Å²) in [7, 11) is 0. The average molecular weight is 148 g/mol. The monoisotopic (exact) mass is 148 g/mol. The lowest BCUT2D eigenvalue weighted by Gasteiger charge is -2.09. The molecule has 56 valence electrons. The Bertz CT molecular complexity index is 302. The topological polar surface area (TPSA) is 29.5 Å². The fourth-order valence-electron chi connectivity index (χ4n) is 1.35. The summed E-state index contributed by atoms with van der Waals surface area (Å²) < 4.78 is 5.01. The van der Waals surface area contributed by atoms with Crippen LogP contribution in [-0.4, -0.2) is 11.4 Å². The molecule has 0 aromatic heterocycles. The first-order valence-electron chi connectivity index (χ1n) is 3.53. The van der Waals surface area contributed by atoms with Gasteiger partial charge in [-0.15, -0.1) is 0 Å². The first-order valence-corrected chi connectivity index (χ1v) is 3.53. The van der Waals surface area contributed by atoms with Crippen molar-refractivity contribution in [3.8, 4) is 0 Å². The predicted molar refractivity (Wildman–Crippen MR) is 39.4 cm³/mol. The number of ether oxygens (including phenoxy) is 1. The minimum absolute atomic E-state index is 0.0312. The number of hydrogen-bond acceptors (Lipinski definition) is 2. The third kappa shape index (κ3) is 0.856. The second-order valence-electron chi connectivity index (χ2n) is 2.66. The van der Waals surface area contributed by atoms with Crippen LogP contribution in [0, 0.1) is 5.92 Å².